The van der Waals surface area contributed by atoms with E-state index in [1.54, 1.807) is 13.0 Å². The van der Waals surface area contributed by atoms with Gasteiger partial charge in [-0.15, -0.1) is 5.10 Å². The number of nitrogens with zero attached hydrogens (tertiary/aromatic N) is 5. The Morgan fingerprint density at radius 1 is 1.24 bits per heavy atom. The van der Waals surface area contributed by atoms with Crippen LogP contribution < -0.4 is 0 Å². The standard InChI is InChI=1S/C19H21Cl2N5O2S/c1-3-15-22-19-26(23-15)18(28)17(29-19)16(12-4-5-13(20)14(21)10-12)25-8-6-24(7-9-25)11(2)27/h4-5,10,16,28H,3,6-9H2,1-2H3/t16-/m1/s1. The molecule has 0 aliphatic carbocycles. The van der Waals surface area contributed by atoms with Gasteiger partial charge in [-0.2, -0.15) is 4.52 Å². The van der Waals surface area contributed by atoms with E-state index in [1.807, 2.05) is 24.0 Å². The number of fused-ring (bicyclic) bond motifs is 1. The van der Waals surface area contributed by atoms with Crippen LogP contribution in [0.2, 0.25) is 10.0 Å². The highest BCUT2D eigenvalue weighted by molar-refractivity contribution is 7.17. The van der Waals surface area contributed by atoms with Crippen LogP contribution in [-0.2, 0) is 11.2 Å². The van der Waals surface area contributed by atoms with Crippen LogP contribution in [0.25, 0.3) is 4.96 Å². The van der Waals surface area contributed by atoms with Gasteiger partial charge in [0.2, 0.25) is 16.7 Å². The van der Waals surface area contributed by atoms with Crippen molar-refractivity contribution in [3.05, 3.63) is 44.5 Å². The second kappa shape index (κ2) is 8.10. The fourth-order valence-corrected chi connectivity index (χ4v) is 5.07. The van der Waals surface area contributed by atoms with Crippen LogP contribution in [0.1, 0.15) is 36.2 Å². The van der Waals surface area contributed by atoms with E-state index in [1.165, 1.54) is 15.9 Å². The largest absolute Gasteiger partial charge is 0.492 e. The van der Waals surface area contributed by atoms with Gasteiger partial charge in [0.05, 0.1) is 21.0 Å². The molecule has 1 aliphatic heterocycles. The summed E-state index contributed by atoms with van der Waals surface area (Å²) < 4.78 is 1.50. The zero-order valence-corrected chi connectivity index (χ0v) is 18.4. The minimum atomic E-state index is -0.238. The number of piperazine rings is 1. The van der Waals surface area contributed by atoms with E-state index >= 15 is 0 Å². The van der Waals surface area contributed by atoms with Crippen molar-refractivity contribution in [2.24, 2.45) is 0 Å². The van der Waals surface area contributed by atoms with E-state index in [2.05, 4.69) is 15.0 Å². The van der Waals surface area contributed by atoms with Gasteiger partial charge >= 0.3 is 0 Å². The molecular formula is C19H21Cl2N5O2S. The summed E-state index contributed by atoms with van der Waals surface area (Å²) >= 11 is 13.8. The van der Waals surface area contributed by atoms with Crippen LogP contribution >= 0.6 is 34.5 Å². The van der Waals surface area contributed by atoms with E-state index in [0.717, 1.165) is 10.4 Å². The molecule has 10 heteroatoms. The van der Waals surface area contributed by atoms with Gasteiger partial charge < -0.3 is 10.0 Å². The molecule has 7 nitrogen and oxygen atoms in total. The molecule has 0 radical (unpaired) electrons. The van der Waals surface area contributed by atoms with Crippen LogP contribution in [0.15, 0.2) is 18.2 Å². The maximum absolute atomic E-state index is 11.7. The average molecular weight is 454 g/mol. The zero-order chi connectivity index (χ0) is 20.7. The Morgan fingerprint density at radius 3 is 2.55 bits per heavy atom. The van der Waals surface area contributed by atoms with Gasteiger partial charge in [-0.05, 0) is 17.7 Å². The Bertz CT molecular complexity index is 1060. The van der Waals surface area contributed by atoms with Crippen molar-refractivity contribution in [2.45, 2.75) is 26.3 Å². The summed E-state index contributed by atoms with van der Waals surface area (Å²) in [5.74, 6) is 0.853. The van der Waals surface area contributed by atoms with Gasteiger partial charge in [0.25, 0.3) is 0 Å². The predicted molar refractivity (Wildman–Crippen MR) is 114 cm³/mol. The third kappa shape index (κ3) is 3.82. The molecule has 0 unspecified atom stereocenters. The number of amides is 1. The van der Waals surface area contributed by atoms with Crippen molar-refractivity contribution in [1.29, 1.82) is 0 Å². The van der Waals surface area contributed by atoms with Crippen LogP contribution in [0.4, 0.5) is 0 Å². The summed E-state index contributed by atoms with van der Waals surface area (Å²) in [5.41, 5.74) is 0.922. The summed E-state index contributed by atoms with van der Waals surface area (Å²) in [6.07, 6.45) is 0.701. The number of rotatable bonds is 4. The molecule has 1 N–H and O–H groups in total. The smallest absolute Gasteiger partial charge is 0.230 e. The lowest BCUT2D eigenvalue weighted by molar-refractivity contribution is -0.130. The SMILES string of the molecule is CCc1nc2sc([C@@H](c3ccc(Cl)c(Cl)c3)N3CCN(C(C)=O)CC3)c(O)n2n1. The predicted octanol–water partition coefficient (Wildman–Crippen LogP) is 3.62. The molecular weight excluding hydrogens is 433 g/mol. The lowest BCUT2D eigenvalue weighted by Crippen LogP contribution is -2.49. The van der Waals surface area contributed by atoms with E-state index in [9.17, 15) is 9.90 Å². The van der Waals surface area contributed by atoms with Gasteiger partial charge in [0, 0.05) is 39.5 Å². The van der Waals surface area contributed by atoms with E-state index in [-0.39, 0.29) is 17.8 Å². The van der Waals surface area contributed by atoms with Gasteiger partial charge in [0.15, 0.2) is 5.82 Å². The van der Waals surface area contributed by atoms with Crippen molar-refractivity contribution in [2.75, 3.05) is 26.2 Å². The van der Waals surface area contributed by atoms with Crippen molar-refractivity contribution >= 4 is 45.4 Å². The first-order chi connectivity index (χ1) is 13.9. The minimum absolute atomic E-state index is 0.0736. The maximum Gasteiger partial charge on any atom is 0.230 e. The Balaban J connectivity index is 1.76. The summed E-state index contributed by atoms with van der Waals surface area (Å²) in [5, 5.41) is 16.3. The Hall–Kier alpha value is -1.87. The van der Waals surface area contributed by atoms with Gasteiger partial charge in [-0.25, -0.2) is 4.98 Å². The lowest BCUT2D eigenvalue weighted by atomic mass is 10.0. The van der Waals surface area contributed by atoms with Crippen molar-refractivity contribution in [3.63, 3.8) is 0 Å². The lowest BCUT2D eigenvalue weighted by Gasteiger charge is -2.38. The zero-order valence-electron chi connectivity index (χ0n) is 16.1. The molecule has 0 spiro atoms. The van der Waals surface area contributed by atoms with Gasteiger partial charge in [-0.3, -0.25) is 9.69 Å². The number of thiazole rings is 1. The van der Waals surface area contributed by atoms with Crippen LogP contribution in [0, 0.1) is 0 Å². The molecule has 1 aromatic carbocycles. The molecule has 1 amide bonds. The van der Waals surface area contributed by atoms with E-state index in [4.69, 9.17) is 23.2 Å². The Kier molecular flexibility index (Phi) is 5.70. The first-order valence-corrected chi connectivity index (χ1v) is 11.0. The maximum atomic E-state index is 11.7. The summed E-state index contributed by atoms with van der Waals surface area (Å²) in [4.78, 5) is 21.7. The molecule has 0 bridgehead atoms. The Morgan fingerprint density at radius 2 is 1.97 bits per heavy atom. The third-order valence-corrected chi connectivity index (χ3v) is 7.00. The molecule has 3 aromatic rings. The number of carbonyl (C=O) groups is 1. The van der Waals surface area contributed by atoms with E-state index in [0.29, 0.717) is 53.4 Å². The first kappa shape index (κ1) is 20.4. The number of hydrogen-bond donors (Lipinski definition) is 1. The minimum Gasteiger partial charge on any atom is -0.492 e. The molecule has 1 saturated heterocycles. The fraction of sp³-hybridized carbons (Fsp3) is 0.421. The first-order valence-electron chi connectivity index (χ1n) is 9.40. The fourth-order valence-electron chi connectivity index (χ4n) is 3.62. The number of benzene rings is 1. The summed E-state index contributed by atoms with van der Waals surface area (Å²) in [7, 11) is 0. The Labute approximate surface area is 182 Å². The highest BCUT2D eigenvalue weighted by Gasteiger charge is 2.32. The molecule has 0 saturated carbocycles. The molecule has 1 atom stereocenters. The average Bonchev–Trinajstić information content (AvgIpc) is 3.25. The normalized spacial score (nSPS) is 16.5. The molecule has 2 aromatic heterocycles. The topological polar surface area (TPSA) is 74.0 Å². The third-order valence-electron chi connectivity index (χ3n) is 5.19. The summed E-state index contributed by atoms with van der Waals surface area (Å²) in [6.45, 7) is 6.19. The quantitative estimate of drug-likeness (QED) is 0.652. The van der Waals surface area contributed by atoms with Gasteiger partial charge in [-0.1, -0.05) is 47.5 Å². The number of halogens is 2. The molecule has 154 valence electrons. The monoisotopic (exact) mass is 453 g/mol. The summed E-state index contributed by atoms with van der Waals surface area (Å²) in [6, 6.07) is 5.28. The highest BCUT2D eigenvalue weighted by atomic mass is 35.5. The van der Waals surface area contributed by atoms with Crippen molar-refractivity contribution in [3.8, 4) is 5.88 Å². The highest BCUT2D eigenvalue weighted by Crippen LogP contribution is 2.41. The van der Waals surface area contributed by atoms with Crippen molar-refractivity contribution in [1.82, 2.24) is 24.4 Å². The molecule has 29 heavy (non-hydrogen) atoms. The second-order valence-corrected chi connectivity index (χ2v) is 8.81. The number of hydrogen-bond acceptors (Lipinski definition) is 6. The second-order valence-electron chi connectivity index (χ2n) is 6.98. The molecule has 1 aliphatic rings. The van der Waals surface area contributed by atoms with E-state index < -0.39 is 0 Å². The number of aromatic nitrogens is 3. The molecule has 4 rings (SSSR count). The van der Waals surface area contributed by atoms with Crippen LogP contribution in [0.5, 0.6) is 5.88 Å². The van der Waals surface area contributed by atoms with Crippen molar-refractivity contribution < 1.29 is 9.90 Å². The van der Waals surface area contributed by atoms with Crippen LogP contribution in [0.3, 0.4) is 0 Å². The number of aromatic hydroxyl groups is 1. The van der Waals surface area contributed by atoms with Gasteiger partial charge in [0.1, 0.15) is 0 Å². The molecule has 3 heterocycles. The number of carbonyl (C=O) groups excluding carboxylic acids is 1. The molecule has 1 fully saturated rings. The number of aryl methyl sites for hydroxylation is 1. The van der Waals surface area contributed by atoms with Crippen LogP contribution in [-0.4, -0.2) is 61.6 Å².